The number of nitrogens with one attached hydrogen (secondary N) is 1. The van der Waals surface area contributed by atoms with Crippen molar-refractivity contribution in [3.63, 3.8) is 0 Å². The van der Waals surface area contributed by atoms with Crippen LogP contribution >= 0.6 is 0 Å². The van der Waals surface area contributed by atoms with E-state index < -0.39 is 0 Å². The van der Waals surface area contributed by atoms with Crippen molar-refractivity contribution in [2.45, 2.75) is 37.8 Å². The molecule has 1 fully saturated rings. The fourth-order valence-electron chi connectivity index (χ4n) is 2.62. The second kappa shape index (κ2) is 4.94. The molecule has 0 unspecified atom stereocenters. The van der Waals surface area contributed by atoms with Crippen LogP contribution < -0.4 is 11.1 Å². The van der Waals surface area contributed by atoms with Crippen LogP contribution in [0.5, 0.6) is 0 Å². The molecule has 94 valence electrons. The number of pyridine rings is 1. The molecule has 0 bridgehead atoms. The Hall–Kier alpha value is -1.61. The van der Waals surface area contributed by atoms with Gasteiger partial charge in [-0.3, -0.25) is 0 Å². The number of fused-ring (bicyclic) bond motifs is 1. The molecule has 1 aliphatic rings. The molecule has 1 aromatic heterocycles. The molecule has 3 rings (SSSR count). The number of nitrogens with zero attached hydrogens (tertiary/aromatic N) is 1. The summed E-state index contributed by atoms with van der Waals surface area (Å²) in [6.07, 6.45) is 4.53. The van der Waals surface area contributed by atoms with Gasteiger partial charge < -0.3 is 11.1 Å². The predicted octanol–water partition coefficient (Wildman–Crippen LogP) is 2.92. The number of anilines is 1. The lowest BCUT2D eigenvalue weighted by atomic mass is 9.92. The summed E-state index contributed by atoms with van der Waals surface area (Å²) in [5, 5.41) is 4.72. The highest BCUT2D eigenvalue weighted by molar-refractivity contribution is 5.80. The molecule has 18 heavy (non-hydrogen) atoms. The molecule has 0 amide bonds. The molecule has 1 aliphatic carbocycles. The van der Waals surface area contributed by atoms with Crippen LogP contribution in [0, 0.1) is 0 Å². The Labute approximate surface area is 107 Å². The highest BCUT2D eigenvalue weighted by Crippen LogP contribution is 2.21. The first-order valence-electron chi connectivity index (χ1n) is 6.69. The topological polar surface area (TPSA) is 50.9 Å². The van der Waals surface area contributed by atoms with E-state index >= 15 is 0 Å². The number of para-hydroxylation sites is 1. The summed E-state index contributed by atoms with van der Waals surface area (Å²) in [5.74, 6) is 0.981. The van der Waals surface area contributed by atoms with Gasteiger partial charge in [0.25, 0.3) is 0 Å². The van der Waals surface area contributed by atoms with Crippen LogP contribution in [0.1, 0.15) is 25.7 Å². The summed E-state index contributed by atoms with van der Waals surface area (Å²) in [7, 11) is 0. The first-order valence-corrected chi connectivity index (χ1v) is 6.69. The zero-order valence-corrected chi connectivity index (χ0v) is 10.5. The summed E-state index contributed by atoms with van der Waals surface area (Å²) in [6.45, 7) is 0. The fourth-order valence-corrected chi connectivity index (χ4v) is 2.62. The molecule has 3 heteroatoms. The van der Waals surface area contributed by atoms with Gasteiger partial charge in [0, 0.05) is 17.5 Å². The average Bonchev–Trinajstić information content (AvgIpc) is 2.41. The van der Waals surface area contributed by atoms with Gasteiger partial charge in [-0.2, -0.15) is 0 Å². The van der Waals surface area contributed by atoms with E-state index in [-0.39, 0.29) is 0 Å². The maximum absolute atomic E-state index is 5.92. The number of benzene rings is 1. The number of nitrogens with two attached hydrogens (primary N) is 1. The Morgan fingerprint density at radius 2 is 1.78 bits per heavy atom. The molecular weight excluding hydrogens is 222 g/mol. The molecule has 0 saturated heterocycles. The van der Waals surface area contributed by atoms with Crippen molar-refractivity contribution in [2.24, 2.45) is 5.73 Å². The van der Waals surface area contributed by atoms with Gasteiger partial charge >= 0.3 is 0 Å². The lowest BCUT2D eigenvalue weighted by molar-refractivity contribution is 0.410. The Balaban J connectivity index is 1.74. The van der Waals surface area contributed by atoms with Crippen molar-refractivity contribution < 1.29 is 0 Å². The van der Waals surface area contributed by atoms with E-state index in [2.05, 4.69) is 34.6 Å². The first kappa shape index (κ1) is 11.5. The zero-order chi connectivity index (χ0) is 12.4. The molecule has 0 aliphatic heterocycles. The van der Waals surface area contributed by atoms with E-state index in [0.717, 1.165) is 37.0 Å². The summed E-state index contributed by atoms with van der Waals surface area (Å²) in [4.78, 5) is 4.65. The fraction of sp³-hybridized carbons (Fsp3) is 0.400. The van der Waals surface area contributed by atoms with E-state index in [1.165, 1.54) is 5.39 Å². The van der Waals surface area contributed by atoms with Crippen molar-refractivity contribution in [3.05, 3.63) is 36.4 Å². The van der Waals surface area contributed by atoms with Gasteiger partial charge in [0.2, 0.25) is 0 Å². The van der Waals surface area contributed by atoms with E-state index in [1.807, 2.05) is 12.1 Å². The summed E-state index contributed by atoms with van der Waals surface area (Å²) < 4.78 is 0. The third-order valence-electron chi connectivity index (χ3n) is 3.72. The number of rotatable bonds is 2. The number of hydrogen-bond donors (Lipinski definition) is 2. The molecule has 2 aromatic rings. The molecule has 0 atom stereocenters. The number of aromatic nitrogens is 1. The van der Waals surface area contributed by atoms with Crippen LogP contribution in [0.2, 0.25) is 0 Å². The molecule has 1 heterocycles. The number of hydrogen-bond acceptors (Lipinski definition) is 3. The monoisotopic (exact) mass is 241 g/mol. The van der Waals surface area contributed by atoms with E-state index in [4.69, 9.17) is 5.73 Å². The van der Waals surface area contributed by atoms with E-state index in [1.54, 1.807) is 0 Å². The maximum Gasteiger partial charge on any atom is 0.126 e. The van der Waals surface area contributed by atoms with Gasteiger partial charge in [0.05, 0.1) is 5.52 Å². The Bertz CT molecular complexity index is 530. The largest absolute Gasteiger partial charge is 0.367 e. The minimum atomic E-state index is 0.396. The maximum atomic E-state index is 5.92. The average molecular weight is 241 g/mol. The molecule has 1 aromatic carbocycles. The first-order chi connectivity index (χ1) is 8.81. The van der Waals surface area contributed by atoms with Crippen LogP contribution in [0.4, 0.5) is 5.82 Å². The van der Waals surface area contributed by atoms with Crippen LogP contribution in [0.3, 0.4) is 0 Å². The summed E-state index contributed by atoms with van der Waals surface area (Å²) in [5.41, 5.74) is 6.97. The summed E-state index contributed by atoms with van der Waals surface area (Å²) >= 11 is 0. The molecule has 0 spiro atoms. The van der Waals surface area contributed by atoms with Crippen molar-refractivity contribution in [3.8, 4) is 0 Å². The SMILES string of the molecule is NC1CCC(Nc2ccc3ccccc3n2)CC1. The molecule has 3 nitrogen and oxygen atoms in total. The molecule has 0 radical (unpaired) electrons. The highest BCUT2D eigenvalue weighted by atomic mass is 15.0. The van der Waals surface area contributed by atoms with Crippen molar-refractivity contribution in [1.82, 2.24) is 4.98 Å². The van der Waals surface area contributed by atoms with Gasteiger partial charge in [-0.15, -0.1) is 0 Å². The third kappa shape index (κ3) is 2.46. The second-order valence-electron chi connectivity index (χ2n) is 5.15. The summed E-state index contributed by atoms with van der Waals surface area (Å²) in [6, 6.07) is 13.3. The van der Waals surface area contributed by atoms with Gasteiger partial charge in [0.1, 0.15) is 5.82 Å². The van der Waals surface area contributed by atoms with Crippen molar-refractivity contribution in [1.29, 1.82) is 0 Å². The van der Waals surface area contributed by atoms with E-state index in [0.29, 0.717) is 12.1 Å². The Morgan fingerprint density at radius 1 is 1.00 bits per heavy atom. The molecule has 3 N–H and O–H groups in total. The Morgan fingerprint density at radius 3 is 2.61 bits per heavy atom. The van der Waals surface area contributed by atoms with Gasteiger partial charge in [-0.1, -0.05) is 18.2 Å². The lowest BCUT2D eigenvalue weighted by Gasteiger charge is -2.27. The highest BCUT2D eigenvalue weighted by Gasteiger charge is 2.18. The van der Waals surface area contributed by atoms with Gasteiger partial charge in [-0.05, 0) is 43.9 Å². The van der Waals surface area contributed by atoms with Crippen LogP contribution in [0.15, 0.2) is 36.4 Å². The van der Waals surface area contributed by atoms with Gasteiger partial charge in [-0.25, -0.2) is 4.98 Å². The quantitative estimate of drug-likeness (QED) is 0.850. The minimum absolute atomic E-state index is 0.396. The van der Waals surface area contributed by atoms with Crippen molar-refractivity contribution in [2.75, 3.05) is 5.32 Å². The van der Waals surface area contributed by atoms with Crippen LogP contribution in [-0.2, 0) is 0 Å². The van der Waals surface area contributed by atoms with Crippen molar-refractivity contribution >= 4 is 16.7 Å². The van der Waals surface area contributed by atoms with Gasteiger partial charge in [0.15, 0.2) is 0 Å². The standard InChI is InChI=1S/C15H19N3/c16-12-6-8-13(9-7-12)17-15-10-5-11-3-1-2-4-14(11)18-15/h1-5,10,12-13H,6-9,16H2,(H,17,18). The normalized spacial score (nSPS) is 24.1. The predicted molar refractivity (Wildman–Crippen MR) is 75.6 cm³/mol. The molecule has 1 saturated carbocycles. The smallest absolute Gasteiger partial charge is 0.126 e. The van der Waals surface area contributed by atoms with Crippen LogP contribution in [0.25, 0.3) is 10.9 Å². The second-order valence-corrected chi connectivity index (χ2v) is 5.15. The molecular formula is C15H19N3. The third-order valence-corrected chi connectivity index (χ3v) is 3.72. The lowest BCUT2D eigenvalue weighted by Crippen LogP contribution is -2.32. The Kier molecular flexibility index (Phi) is 3.15. The minimum Gasteiger partial charge on any atom is -0.367 e. The zero-order valence-electron chi connectivity index (χ0n) is 10.5. The van der Waals surface area contributed by atoms with Crippen LogP contribution in [-0.4, -0.2) is 17.1 Å². The van der Waals surface area contributed by atoms with E-state index in [9.17, 15) is 0 Å².